The van der Waals surface area contributed by atoms with E-state index in [9.17, 15) is 10.2 Å². The topological polar surface area (TPSA) is 52.9 Å². The van der Waals surface area contributed by atoms with E-state index in [1.165, 1.54) is 5.56 Å². The van der Waals surface area contributed by atoms with E-state index in [0.29, 0.717) is 13.0 Å². The van der Waals surface area contributed by atoms with Crippen molar-refractivity contribution in [1.29, 1.82) is 0 Å². The number of piperidine rings is 1. The van der Waals surface area contributed by atoms with E-state index in [1.54, 1.807) is 0 Å². The summed E-state index contributed by atoms with van der Waals surface area (Å²) < 4.78 is 6.37. The van der Waals surface area contributed by atoms with Crippen LogP contribution in [0.1, 0.15) is 42.6 Å². The van der Waals surface area contributed by atoms with Gasteiger partial charge in [0.15, 0.2) is 0 Å². The van der Waals surface area contributed by atoms with Gasteiger partial charge in [0.1, 0.15) is 11.4 Å². The number of benzene rings is 3. The number of hydrogen-bond acceptors (Lipinski definition) is 4. The van der Waals surface area contributed by atoms with Crippen molar-refractivity contribution in [3.05, 3.63) is 90.0 Å². The lowest BCUT2D eigenvalue weighted by molar-refractivity contribution is -0.0587. The fourth-order valence-electron chi connectivity index (χ4n) is 4.91. The van der Waals surface area contributed by atoms with Crippen LogP contribution in [0, 0.1) is 0 Å². The molecule has 2 heterocycles. The van der Waals surface area contributed by atoms with Crippen LogP contribution in [0.5, 0.6) is 5.75 Å². The molecule has 5 rings (SSSR count). The average Bonchev–Trinajstić information content (AvgIpc) is 2.81. The van der Waals surface area contributed by atoms with Gasteiger partial charge in [-0.25, -0.2) is 0 Å². The summed E-state index contributed by atoms with van der Waals surface area (Å²) in [7, 11) is 0. The van der Waals surface area contributed by atoms with Crippen LogP contribution in [-0.4, -0.2) is 40.3 Å². The van der Waals surface area contributed by atoms with Gasteiger partial charge in [0.25, 0.3) is 0 Å². The number of aliphatic hydroxyl groups is 2. The van der Waals surface area contributed by atoms with E-state index in [1.807, 2.05) is 54.6 Å². The molecule has 2 aliphatic rings. The van der Waals surface area contributed by atoms with Crippen molar-refractivity contribution in [1.82, 2.24) is 4.90 Å². The first kappa shape index (κ1) is 20.3. The Balaban J connectivity index is 1.19. The SMILES string of the molecule is O[C@@H]1CC2(CCN(C[C@H](O)c3ccc(-c4ccccc4)cc3)CC2)Oc2ccccc21. The number of nitrogens with zero attached hydrogens (tertiary/aromatic N) is 1. The first-order valence-corrected chi connectivity index (χ1v) is 11.1. The van der Waals surface area contributed by atoms with Gasteiger partial charge in [-0.2, -0.15) is 0 Å². The Morgan fingerprint density at radius 3 is 2.26 bits per heavy atom. The molecule has 0 saturated carbocycles. The molecule has 0 radical (unpaired) electrons. The van der Waals surface area contributed by atoms with E-state index in [4.69, 9.17) is 4.74 Å². The molecule has 0 amide bonds. The van der Waals surface area contributed by atoms with Crippen LogP contribution < -0.4 is 4.74 Å². The summed E-state index contributed by atoms with van der Waals surface area (Å²) in [5.41, 5.74) is 3.88. The molecule has 1 saturated heterocycles. The molecule has 0 aliphatic carbocycles. The smallest absolute Gasteiger partial charge is 0.125 e. The second kappa shape index (κ2) is 8.46. The van der Waals surface area contributed by atoms with E-state index in [2.05, 4.69) is 29.2 Å². The molecule has 4 nitrogen and oxygen atoms in total. The van der Waals surface area contributed by atoms with Crippen molar-refractivity contribution in [2.45, 2.75) is 37.1 Å². The van der Waals surface area contributed by atoms with E-state index < -0.39 is 12.2 Å². The second-order valence-electron chi connectivity index (χ2n) is 8.85. The second-order valence-corrected chi connectivity index (χ2v) is 8.85. The lowest BCUT2D eigenvalue weighted by atomic mass is 9.81. The molecule has 0 unspecified atom stereocenters. The van der Waals surface area contributed by atoms with Crippen molar-refractivity contribution < 1.29 is 14.9 Å². The average molecular weight is 416 g/mol. The highest BCUT2D eigenvalue weighted by molar-refractivity contribution is 5.63. The zero-order valence-corrected chi connectivity index (χ0v) is 17.7. The van der Waals surface area contributed by atoms with Gasteiger partial charge >= 0.3 is 0 Å². The molecule has 160 valence electrons. The maximum absolute atomic E-state index is 10.8. The van der Waals surface area contributed by atoms with Crippen LogP contribution in [0.4, 0.5) is 0 Å². The standard InChI is InChI=1S/C27H29NO3/c29-24-18-27(31-26-9-5-4-8-23(24)26)14-16-28(17-15-27)19-25(30)22-12-10-21(11-13-22)20-6-2-1-3-7-20/h1-13,24-25,29-30H,14-19H2/t24-,25+/m1/s1. The normalized spacial score (nSPS) is 21.3. The van der Waals surface area contributed by atoms with Crippen LogP contribution in [0.3, 0.4) is 0 Å². The minimum atomic E-state index is -0.516. The molecule has 4 heteroatoms. The van der Waals surface area contributed by atoms with Gasteiger partial charge in [0, 0.05) is 31.6 Å². The Morgan fingerprint density at radius 1 is 0.871 bits per heavy atom. The van der Waals surface area contributed by atoms with Crippen LogP contribution in [0.2, 0.25) is 0 Å². The predicted molar refractivity (Wildman–Crippen MR) is 122 cm³/mol. The zero-order chi connectivity index (χ0) is 21.3. The Kier molecular flexibility index (Phi) is 5.53. The maximum atomic E-state index is 10.8. The summed E-state index contributed by atoms with van der Waals surface area (Å²) in [5.74, 6) is 0.813. The van der Waals surface area contributed by atoms with Gasteiger partial charge in [-0.05, 0) is 35.6 Å². The monoisotopic (exact) mass is 415 g/mol. The third kappa shape index (κ3) is 4.24. The first-order chi connectivity index (χ1) is 15.1. The molecule has 2 atom stereocenters. The van der Waals surface area contributed by atoms with E-state index in [-0.39, 0.29) is 5.60 Å². The maximum Gasteiger partial charge on any atom is 0.125 e. The predicted octanol–water partition coefficient (Wildman–Crippen LogP) is 4.74. The number of hydrogen-bond donors (Lipinski definition) is 2. The number of β-amino-alcohol motifs (C(OH)–C–C–N with tert-alkyl or cyclic N) is 1. The number of likely N-dealkylation sites (tertiary alicyclic amines) is 1. The third-order valence-corrected chi connectivity index (χ3v) is 6.77. The highest BCUT2D eigenvalue weighted by Gasteiger charge is 2.42. The number of para-hydroxylation sites is 1. The molecule has 3 aromatic rings. The number of aliphatic hydroxyl groups excluding tert-OH is 2. The summed E-state index contributed by atoms with van der Waals surface area (Å²) in [6, 6.07) is 26.3. The van der Waals surface area contributed by atoms with Crippen molar-refractivity contribution in [3.63, 3.8) is 0 Å². The molecule has 1 fully saturated rings. The fraction of sp³-hybridized carbons (Fsp3) is 0.333. The Morgan fingerprint density at radius 2 is 1.52 bits per heavy atom. The molecule has 31 heavy (non-hydrogen) atoms. The van der Waals surface area contributed by atoms with Crippen molar-refractivity contribution in [2.75, 3.05) is 19.6 Å². The van der Waals surface area contributed by atoms with Crippen molar-refractivity contribution >= 4 is 0 Å². The summed E-state index contributed by atoms with van der Waals surface area (Å²) in [6.07, 6.45) is 1.37. The van der Waals surface area contributed by atoms with Crippen molar-refractivity contribution in [2.24, 2.45) is 0 Å². The minimum Gasteiger partial charge on any atom is -0.487 e. The number of rotatable bonds is 4. The van der Waals surface area contributed by atoms with Crippen LogP contribution in [0.15, 0.2) is 78.9 Å². The van der Waals surface area contributed by atoms with Gasteiger partial charge in [-0.15, -0.1) is 0 Å². The van der Waals surface area contributed by atoms with Gasteiger partial charge in [0.2, 0.25) is 0 Å². The Hall–Kier alpha value is -2.66. The van der Waals surface area contributed by atoms with Crippen LogP contribution >= 0.6 is 0 Å². The molecule has 0 aromatic heterocycles. The first-order valence-electron chi connectivity index (χ1n) is 11.1. The largest absolute Gasteiger partial charge is 0.487 e. The summed E-state index contributed by atoms with van der Waals surface area (Å²) >= 11 is 0. The lowest BCUT2D eigenvalue weighted by Gasteiger charge is -2.46. The van der Waals surface area contributed by atoms with Gasteiger partial charge in [-0.3, -0.25) is 0 Å². The highest BCUT2D eigenvalue weighted by atomic mass is 16.5. The molecular weight excluding hydrogens is 386 g/mol. The van der Waals surface area contributed by atoms with Crippen LogP contribution in [0.25, 0.3) is 11.1 Å². The van der Waals surface area contributed by atoms with E-state index in [0.717, 1.165) is 48.4 Å². The molecule has 0 bridgehead atoms. The van der Waals surface area contributed by atoms with Gasteiger partial charge in [-0.1, -0.05) is 72.8 Å². The fourth-order valence-corrected chi connectivity index (χ4v) is 4.91. The molecule has 1 spiro atoms. The molecule has 2 aliphatic heterocycles. The summed E-state index contributed by atoms with van der Waals surface area (Å²) in [4.78, 5) is 2.30. The quantitative estimate of drug-likeness (QED) is 0.646. The zero-order valence-electron chi connectivity index (χ0n) is 17.7. The molecule has 3 aromatic carbocycles. The summed E-state index contributed by atoms with van der Waals surface area (Å²) in [5, 5.41) is 21.4. The number of ether oxygens (including phenoxy) is 1. The molecule has 2 N–H and O–H groups in total. The van der Waals surface area contributed by atoms with Crippen LogP contribution in [-0.2, 0) is 0 Å². The van der Waals surface area contributed by atoms with Gasteiger partial charge in [0.05, 0.1) is 12.2 Å². The van der Waals surface area contributed by atoms with Crippen molar-refractivity contribution in [3.8, 4) is 16.9 Å². The third-order valence-electron chi connectivity index (χ3n) is 6.77. The Labute approximate surface area is 183 Å². The minimum absolute atomic E-state index is 0.299. The molecular formula is C27H29NO3. The summed E-state index contributed by atoms with van der Waals surface area (Å²) in [6.45, 7) is 2.32. The number of fused-ring (bicyclic) bond motifs is 1. The Bertz CT molecular complexity index is 1010. The lowest BCUT2D eigenvalue weighted by Crippen LogP contribution is -2.51. The highest BCUT2D eigenvalue weighted by Crippen LogP contribution is 2.44. The van der Waals surface area contributed by atoms with Gasteiger partial charge < -0.3 is 19.8 Å². The van der Waals surface area contributed by atoms with E-state index >= 15 is 0 Å².